The van der Waals surface area contributed by atoms with Crippen molar-refractivity contribution in [3.8, 4) is 11.5 Å². The topological polar surface area (TPSA) is 117 Å². The smallest absolute Gasteiger partial charge is 0.345 e. The molecule has 2 aromatic carbocycles. The molecule has 1 amide bonds. The van der Waals surface area contributed by atoms with Crippen molar-refractivity contribution in [2.45, 2.75) is 25.3 Å². The highest BCUT2D eigenvalue weighted by Gasteiger charge is 2.28. The van der Waals surface area contributed by atoms with E-state index in [-0.39, 0.29) is 36.3 Å². The summed E-state index contributed by atoms with van der Waals surface area (Å²) in [5.41, 5.74) is 1.50. The van der Waals surface area contributed by atoms with Gasteiger partial charge in [0.2, 0.25) is 0 Å². The number of esters is 1. The Morgan fingerprint density at radius 1 is 1.17 bits per heavy atom. The molecule has 2 aromatic rings. The van der Waals surface area contributed by atoms with Crippen LogP contribution in [-0.2, 0) is 16.0 Å². The summed E-state index contributed by atoms with van der Waals surface area (Å²) in [4.78, 5) is 35.4. The van der Waals surface area contributed by atoms with E-state index in [4.69, 9.17) is 14.2 Å². The van der Waals surface area contributed by atoms with Gasteiger partial charge >= 0.3 is 5.97 Å². The maximum absolute atomic E-state index is 12.4. The van der Waals surface area contributed by atoms with Crippen LogP contribution in [0.15, 0.2) is 36.4 Å². The number of nitro groups is 1. The second kappa shape index (κ2) is 8.40. The van der Waals surface area contributed by atoms with Gasteiger partial charge < -0.3 is 19.5 Å². The lowest BCUT2D eigenvalue weighted by atomic mass is 9.88. The van der Waals surface area contributed by atoms with Crippen molar-refractivity contribution in [3.63, 3.8) is 0 Å². The standard InChI is InChI=1S/C21H20N2O7/c24-20(22-16-7-3-5-13-4-1-2-6-14(13)16)12-30-21(25)15-10-18-19(29-9-8-28-18)11-17(15)23(26)27/h1-2,4,6,10-11,16H,3,5,7-9,12H2,(H,22,24)/t16-/m1/s1. The van der Waals surface area contributed by atoms with Crippen LogP contribution in [0.5, 0.6) is 11.5 Å². The first-order valence-electron chi connectivity index (χ1n) is 9.65. The van der Waals surface area contributed by atoms with E-state index in [9.17, 15) is 19.7 Å². The lowest BCUT2D eigenvalue weighted by molar-refractivity contribution is -0.385. The Hall–Kier alpha value is -3.62. The lowest BCUT2D eigenvalue weighted by Gasteiger charge is -2.26. The third-order valence-corrected chi connectivity index (χ3v) is 5.12. The average Bonchev–Trinajstić information content (AvgIpc) is 2.76. The number of ether oxygens (including phenoxy) is 3. The highest BCUT2D eigenvalue weighted by Crippen LogP contribution is 2.37. The molecule has 0 bridgehead atoms. The summed E-state index contributed by atoms with van der Waals surface area (Å²) < 4.78 is 15.7. The highest BCUT2D eigenvalue weighted by molar-refractivity contribution is 5.96. The Labute approximate surface area is 172 Å². The number of carbonyl (C=O) groups is 2. The van der Waals surface area contributed by atoms with Crippen molar-refractivity contribution in [2.24, 2.45) is 0 Å². The van der Waals surface area contributed by atoms with Crippen molar-refractivity contribution in [1.82, 2.24) is 5.32 Å². The molecule has 0 saturated carbocycles. The third-order valence-electron chi connectivity index (χ3n) is 5.12. The second-order valence-electron chi connectivity index (χ2n) is 7.06. The zero-order valence-corrected chi connectivity index (χ0v) is 16.1. The van der Waals surface area contributed by atoms with Gasteiger partial charge in [0.25, 0.3) is 11.6 Å². The number of aryl methyl sites for hydroxylation is 1. The quantitative estimate of drug-likeness (QED) is 0.456. The first kappa shape index (κ1) is 19.7. The van der Waals surface area contributed by atoms with E-state index in [2.05, 4.69) is 5.32 Å². The molecule has 156 valence electrons. The monoisotopic (exact) mass is 412 g/mol. The van der Waals surface area contributed by atoms with Crippen LogP contribution >= 0.6 is 0 Å². The lowest BCUT2D eigenvalue weighted by Crippen LogP contribution is -2.34. The molecule has 2 aliphatic rings. The van der Waals surface area contributed by atoms with Gasteiger partial charge in [-0.05, 0) is 30.4 Å². The van der Waals surface area contributed by atoms with Crippen LogP contribution in [0.2, 0.25) is 0 Å². The Balaban J connectivity index is 1.43. The molecular formula is C21H20N2O7. The number of amides is 1. The largest absolute Gasteiger partial charge is 0.486 e. The molecular weight excluding hydrogens is 392 g/mol. The minimum Gasteiger partial charge on any atom is -0.486 e. The summed E-state index contributed by atoms with van der Waals surface area (Å²) in [6.45, 7) is -0.00786. The molecule has 1 aliphatic heterocycles. The first-order valence-corrected chi connectivity index (χ1v) is 9.65. The third kappa shape index (κ3) is 4.05. The summed E-state index contributed by atoms with van der Waals surface area (Å²) in [5.74, 6) is -1.02. The minimum absolute atomic E-state index is 0.148. The molecule has 0 unspecified atom stereocenters. The van der Waals surface area contributed by atoms with Gasteiger partial charge in [-0.25, -0.2) is 4.79 Å². The normalized spacial score (nSPS) is 16.9. The number of carbonyl (C=O) groups excluding carboxylic acids is 2. The van der Waals surface area contributed by atoms with E-state index < -0.39 is 29.1 Å². The summed E-state index contributed by atoms with van der Waals surface area (Å²) in [7, 11) is 0. The average molecular weight is 412 g/mol. The number of hydrogen-bond donors (Lipinski definition) is 1. The highest BCUT2D eigenvalue weighted by atomic mass is 16.6. The Kier molecular flexibility index (Phi) is 5.51. The van der Waals surface area contributed by atoms with Crippen LogP contribution in [0.4, 0.5) is 5.69 Å². The van der Waals surface area contributed by atoms with Crippen LogP contribution in [0, 0.1) is 10.1 Å². The van der Waals surface area contributed by atoms with Gasteiger partial charge in [0.15, 0.2) is 18.1 Å². The fraction of sp³-hybridized carbons (Fsp3) is 0.333. The number of rotatable bonds is 5. The molecule has 0 spiro atoms. The summed E-state index contributed by atoms with van der Waals surface area (Å²) in [6.07, 6.45) is 2.71. The SMILES string of the molecule is O=C(COC(=O)c1cc2c(cc1[N+](=O)[O-])OCCO2)N[C@@H]1CCCc2ccccc21. The number of nitro benzene ring substituents is 1. The molecule has 0 radical (unpaired) electrons. The maximum atomic E-state index is 12.4. The minimum atomic E-state index is -0.974. The maximum Gasteiger partial charge on any atom is 0.345 e. The predicted molar refractivity (Wildman–Crippen MR) is 105 cm³/mol. The van der Waals surface area contributed by atoms with Crippen molar-refractivity contribution in [2.75, 3.05) is 19.8 Å². The van der Waals surface area contributed by atoms with Gasteiger partial charge in [0.05, 0.1) is 17.0 Å². The van der Waals surface area contributed by atoms with E-state index in [1.807, 2.05) is 24.3 Å². The number of nitrogens with zero attached hydrogens (tertiary/aromatic N) is 1. The van der Waals surface area contributed by atoms with Gasteiger partial charge in [-0.2, -0.15) is 0 Å². The van der Waals surface area contributed by atoms with E-state index >= 15 is 0 Å². The fourth-order valence-electron chi connectivity index (χ4n) is 3.74. The van der Waals surface area contributed by atoms with Crippen LogP contribution in [-0.4, -0.2) is 36.6 Å². The molecule has 9 heteroatoms. The van der Waals surface area contributed by atoms with Crippen LogP contribution in [0.25, 0.3) is 0 Å². The van der Waals surface area contributed by atoms with E-state index in [0.29, 0.717) is 0 Å². The molecule has 30 heavy (non-hydrogen) atoms. The van der Waals surface area contributed by atoms with Gasteiger partial charge in [0, 0.05) is 6.07 Å². The van der Waals surface area contributed by atoms with Gasteiger partial charge in [0.1, 0.15) is 18.8 Å². The second-order valence-corrected chi connectivity index (χ2v) is 7.06. The Bertz CT molecular complexity index is 1000. The Morgan fingerprint density at radius 3 is 2.67 bits per heavy atom. The number of nitrogens with one attached hydrogen (secondary N) is 1. The van der Waals surface area contributed by atoms with Crippen molar-refractivity contribution < 1.29 is 28.7 Å². The van der Waals surface area contributed by atoms with Crippen LogP contribution < -0.4 is 14.8 Å². The number of fused-ring (bicyclic) bond motifs is 2. The predicted octanol–water partition coefficient (Wildman–Crippen LogP) is 2.72. The van der Waals surface area contributed by atoms with Gasteiger partial charge in [-0.3, -0.25) is 14.9 Å². The Morgan fingerprint density at radius 2 is 1.90 bits per heavy atom. The molecule has 0 fully saturated rings. The summed E-state index contributed by atoms with van der Waals surface area (Å²) in [5, 5.41) is 14.2. The number of hydrogen-bond acceptors (Lipinski definition) is 7. The summed E-state index contributed by atoms with van der Waals surface area (Å²) in [6, 6.07) is 10.1. The van der Waals surface area contributed by atoms with Crippen molar-refractivity contribution in [1.29, 1.82) is 0 Å². The van der Waals surface area contributed by atoms with Gasteiger partial charge in [-0.1, -0.05) is 24.3 Å². The van der Waals surface area contributed by atoms with Crippen LogP contribution in [0.3, 0.4) is 0 Å². The van der Waals surface area contributed by atoms with Crippen molar-refractivity contribution in [3.05, 3.63) is 63.2 Å². The first-order chi connectivity index (χ1) is 14.5. The number of benzene rings is 2. The fourth-order valence-corrected chi connectivity index (χ4v) is 3.74. The summed E-state index contributed by atoms with van der Waals surface area (Å²) >= 11 is 0. The molecule has 1 atom stereocenters. The molecule has 9 nitrogen and oxygen atoms in total. The van der Waals surface area contributed by atoms with E-state index in [0.717, 1.165) is 30.9 Å². The zero-order chi connectivity index (χ0) is 21.1. The van der Waals surface area contributed by atoms with Crippen molar-refractivity contribution >= 4 is 17.6 Å². The molecule has 0 aromatic heterocycles. The van der Waals surface area contributed by atoms with Gasteiger partial charge in [-0.15, -0.1) is 0 Å². The molecule has 4 rings (SSSR count). The zero-order valence-electron chi connectivity index (χ0n) is 16.1. The van der Waals surface area contributed by atoms with Crippen LogP contribution in [0.1, 0.15) is 40.4 Å². The molecule has 1 heterocycles. The molecule has 1 N–H and O–H groups in total. The molecule has 1 aliphatic carbocycles. The van der Waals surface area contributed by atoms with E-state index in [1.165, 1.54) is 11.6 Å². The van der Waals surface area contributed by atoms with E-state index in [1.54, 1.807) is 0 Å². The molecule has 0 saturated heterocycles.